The summed E-state index contributed by atoms with van der Waals surface area (Å²) in [6.45, 7) is 0. The number of fused-ring (bicyclic) bond motifs is 1. The van der Waals surface area contributed by atoms with E-state index >= 15 is 0 Å². The lowest BCUT2D eigenvalue weighted by atomic mass is 10.4. The van der Waals surface area contributed by atoms with Crippen LogP contribution in [0.25, 0.3) is 10.2 Å². The van der Waals surface area contributed by atoms with E-state index in [0.29, 0.717) is 10.0 Å². The first-order valence-corrected chi connectivity index (χ1v) is 9.27. The van der Waals surface area contributed by atoms with Crippen LogP contribution in [0.15, 0.2) is 44.7 Å². The fraction of sp³-hybridized carbons (Fsp3) is 0.0769. The van der Waals surface area contributed by atoms with E-state index in [1.165, 1.54) is 11.8 Å². The van der Waals surface area contributed by atoms with Gasteiger partial charge >= 0.3 is 0 Å². The highest BCUT2D eigenvalue weighted by Crippen LogP contribution is 2.39. The molecule has 0 saturated carbocycles. The van der Waals surface area contributed by atoms with Crippen molar-refractivity contribution in [3.8, 4) is 0 Å². The Balaban J connectivity index is 2.07. The summed E-state index contributed by atoms with van der Waals surface area (Å²) in [6, 6.07) is 7.50. The van der Waals surface area contributed by atoms with E-state index in [9.17, 15) is 0 Å². The summed E-state index contributed by atoms with van der Waals surface area (Å²) in [5.41, 5.74) is 0.974. The molecule has 20 heavy (non-hydrogen) atoms. The van der Waals surface area contributed by atoms with Crippen molar-refractivity contribution in [2.24, 2.45) is 0 Å². The van der Waals surface area contributed by atoms with Crippen molar-refractivity contribution in [1.29, 1.82) is 0 Å². The van der Waals surface area contributed by atoms with Crippen molar-refractivity contribution in [2.75, 3.05) is 6.26 Å². The Morgan fingerprint density at radius 2 is 2.00 bits per heavy atom. The molecular formula is C13H8Cl2N2S3. The number of halogens is 2. The summed E-state index contributed by atoms with van der Waals surface area (Å²) >= 11 is 16.9. The molecule has 0 unspecified atom stereocenters. The molecule has 0 N–H and O–H groups in total. The van der Waals surface area contributed by atoms with E-state index in [2.05, 4.69) is 9.97 Å². The van der Waals surface area contributed by atoms with Crippen molar-refractivity contribution in [2.45, 2.75) is 15.1 Å². The van der Waals surface area contributed by atoms with E-state index in [1.54, 1.807) is 29.2 Å². The van der Waals surface area contributed by atoms with Crippen LogP contribution in [0.2, 0.25) is 10.0 Å². The fourth-order valence-electron chi connectivity index (χ4n) is 1.64. The third-order valence-electron chi connectivity index (χ3n) is 2.54. The molecule has 0 radical (unpaired) electrons. The molecule has 3 aromatic rings. The summed E-state index contributed by atoms with van der Waals surface area (Å²) < 4.78 is 1.08. The topological polar surface area (TPSA) is 25.8 Å². The Morgan fingerprint density at radius 3 is 2.75 bits per heavy atom. The normalized spacial score (nSPS) is 11.2. The molecule has 3 rings (SSSR count). The quantitative estimate of drug-likeness (QED) is 0.332. The highest BCUT2D eigenvalue weighted by Gasteiger charge is 2.12. The van der Waals surface area contributed by atoms with Crippen LogP contribution >= 0.6 is 58.1 Å². The second-order valence-corrected chi connectivity index (χ2v) is 7.39. The zero-order valence-corrected chi connectivity index (χ0v) is 14.2. The molecule has 0 aliphatic carbocycles. The van der Waals surface area contributed by atoms with Gasteiger partial charge in [0.25, 0.3) is 0 Å². The Bertz CT molecular complexity index is 773. The maximum atomic E-state index is 6.23. The number of nitrogens with zero attached hydrogens (tertiary/aromatic N) is 2. The Hall–Kier alpha value is -0.460. The van der Waals surface area contributed by atoms with Gasteiger partial charge in [-0.05, 0) is 35.9 Å². The van der Waals surface area contributed by atoms with Crippen LogP contribution in [0.1, 0.15) is 0 Å². The lowest BCUT2D eigenvalue weighted by Gasteiger charge is -2.06. The molecule has 0 atom stereocenters. The fourth-order valence-corrected chi connectivity index (χ4v) is 4.41. The van der Waals surface area contributed by atoms with Gasteiger partial charge in [-0.1, -0.05) is 46.7 Å². The Labute approximate surface area is 138 Å². The van der Waals surface area contributed by atoms with Crippen LogP contribution in [-0.4, -0.2) is 16.2 Å². The van der Waals surface area contributed by atoms with Crippen molar-refractivity contribution in [3.05, 3.63) is 39.7 Å². The average Bonchev–Trinajstić information content (AvgIpc) is 2.90. The minimum absolute atomic E-state index is 0.633. The van der Waals surface area contributed by atoms with Gasteiger partial charge < -0.3 is 0 Å². The highest BCUT2D eigenvalue weighted by molar-refractivity contribution is 8.00. The summed E-state index contributed by atoms with van der Waals surface area (Å²) in [6.07, 6.45) is 1.97. The molecule has 0 amide bonds. The first kappa shape index (κ1) is 14.5. The van der Waals surface area contributed by atoms with Gasteiger partial charge in [0.05, 0.1) is 15.2 Å². The number of benzene rings is 1. The van der Waals surface area contributed by atoms with Crippen LogP contribution in [-0.2, 0) is 0 Å². The maximum absolute atomic E-state index is 6.23. The molecule has 2 aromatic heterocycles. The molecule has 2 heterocycles. The predicted molar refractivity (Wildman–Crippen MR) is 89.8 cm³/mol. The van der Waals surface area contributed by atoms with Gasteiger partial charge in [0, 0.05) is 9.92 Å². The van der Waals surface area contributed by atoms with Gasteiger partial charge in [0.15, 0.2) is 5.16 Å². The van der Waals surface area contributed by atoms with Gasteiger partial charge in [0.1, 0.15) is 5.03 Å². The van der Waals surface area contributed by atoms with Gasteiger partial charge in [-0.25, -0.2) is 9.97 Å². The molecule has 1 aromatic carbocycles. The molecule has 102 valence electrons. The molecule has 2 nitrogen and oxygen atoms in total. The molecule has 0 fully saturated rings. The molecule has 0 aliphatic heterocycles. The number of hydrogen-bond donors (Lipinski definition) is 0. The summed E-state index contributed by atoms with van der Waals surface area (Å²) in [4.78, 5) is 10.0. The van der Waals surface area contributed by atoms with E-state index in [1.807, 2.05) is 29.8 Å². The Kier molecular flexibility index (Phi) is 4.43. The second-order valence-electron chi connectivity index (χ2n) is 3.83. The number of aromatic nitrogens is 2. The smallest absolute Gasteiger partial charge is 0.188 e. The number of thioether (sulfide) groups is 1. The highest BCUT2D eigenvalue weighted by atomic mass is 35.5. The molecule has 0 bridgehead atoms. The van der Waals surface area contributed by atoms with Crippen LogP contribution in [0, 0.1) is 0 Å². The zero-order valence-electron chi connectivity index (χ0n) is 10.3. The van der Waals surface area contributed by atoms with E-state index in [0.717, 1.165) is 25.3 Å². The van der Waals surface area contributed by atoms with Gasteiger partial charge in [0.2, 0.25) is 0 Å². The number of rotatable bonds is 3. The standard InChI is InChI=1S/C13H8Cl2N2S3/c1-18-13-16-9-4-5-19-11(9)12(17-13)20-10-3-2-7(14)6-8(10)15/h2-6H,1H3. The average molecular weight is 359 g/mol. The third-order valence-corrected chi connectivity index (χ3v) is 5.85. The second kappa shape index (κ2) is 6.12. The van der Waals surface area contributed by atoms with Crippen molar-refractivity contribution in [3.63, 3.8) is 0 Å². The molecular weight excluding hydrogens is 351 g/mol. The molecule has 0 aliphatic rings. The minimum Gasteiger partial charge on any atom is -0.222 e. The van der Waals surface area contributed by atoms with Crippen LogP contribution in [0.4, 0.5) is 0 Å². The zero-order chi connectivity index (χ0) is 14.1. The van der Waals surface area contributed by atoms with Gasteiger partial charge in [-0.15, -0.1) is 11.3 Å². The van der Waals surface area contributed by atoms with Crippen LogP contribution < -0.4 is 0 Å². The Morgan fingerprint density at radius 1 is 1.15 bits per heavy atom. The summed E-state index contributed by atoms with van der Waals surface area (Å²) in [5.74, 6) is 0. The van der Waals surface area contributed by atoms with E-state index in [-0.39, 0.29) is 0 Å². The lowest BCUT2D eigenvalue weighted by Crippen LogP contribution is -1.89. The predicted octanol–water partition coefficient (Wildman–Crippen LogP) is 5.87. The van der Waals surface area contributed by atoms with Crippen molar-refractivity contribution >= 4 is 68.3 Å². The lowest BCUT2D eigenvalue weighted by molar-refractivity contribution is 0.938. The van der Waals surface area contributed by atoms with Crippen LogP contribution in [0.5, 0.6) is 0 Å². The number of thiophene rings is 1. The van der Waals surface area contributed by atoms with Gasteiger partial charge in [-0.2, -0.15) is 0 Å². The van der Waals surface area contributed by atoms with Gasteiger partial charge in [-0.3, -0.25) is 0 Å². The first-order valence-electron chi connectivity index (χ1n) is 5.59. The van der Waals surface area contributed by atoms with Crippen LogP contribution in [0.3, 0.4) is 0 Å². The third kappa shape index (κ3) is 2.92. The molecule has 7 heteroatoms. The van der Waals surface area contributed by atoms with E-state index < -0.39 is 0 Å². The summed E-state index contributed by atoms with van der Waals surface area (Å²) in [7, 11) is 0. The monoisotopic (exact) mass is 358 g/mol. The first-order chi connectivity index (χ1) is 9.67. The largest absolute Gasteiger partial charge is 0.222 e. The minimum atomic E-state index is 0.633. The SMILES string of the molecule is CSc1nc(Sc2ccc(Cl)cc2Cl)c2sccc2n1. The molecule has 0 spiro atoms. The maximum Gasteiger partial charge on any atom is 0.188 e. The summed E-state index contributed by atoms with van der Waals surface area (Å²) in [5, 5.41) is 4.99. The molecule has 0 saturated heterocycles. The van der Waals surface area contributed by atoms with Crippen molar-refractivity contribution < 1.29 is 0 Å². The number of hydrogen-bond acceptors (Lipinski definition) is 5. The van der Waals surface area contributed by atoms with Crippen molar-refractivity contribution in [1.82, 2.24) is 9.97 Å². The van der Waals surface area contributed by atoms with E-state index in [4.69, 9.17) is 23.2 Å².